The Kier molecular flexibility index (Phi) is 5.77. The summed E-state index contributed by atoms with van der Waals surface area (Å²) < 4.78 is 44.8. The number of methoxy groups -OCH3 is 3. The number of nitrogens with zero attached hydrogens (tertiary/aromatic N) is 1. The van der Waals surface area contributed by atoms with Gasteiger partial charge in [-0.1, -0.05) is 0 Å². The fraction of sp³-hybridized carbons (Fsp3) is 0.435. The van der Waals surface area contributed by atoms with Crippen molar-refractivity contribution in [3.63, 3.8) is 0 Å². The van der Waals surface area contributed by atoms with Crippen LogP contribution in [-0.2, 0) is 16.0 Å². The predicted molar refractivity (Wildman–Crippen MR) is 115 cm³/mol. The Balaban J connectivity index is 1.78. The minimum absolute atomic E-state index is 0.00216. The van der Waals surface area contributed by atoms with Gasteiger partial charge in [0, 0.05) is 30.8 Å². The van der Waals surface area contributed by atoms with Crippen LogP contribution in [0.4, 0.5) is 0 Å². The Labute approximate surface area is 190 Å². The van der Waals surface area contributed by atoms with E-state index in [-0.39, 0.29) is 19.1 Å². The van der Waals surface area contributed by atoms with Crippen molar-refractivity contribution in [1.82, 2.24) is 4.90 Å². The zero-order valence-electron chi connectivity index (χ0n) is 18.7. The Morgan fingerprint density at radius 1 is 0.848 bits per heavy atom. The van der Waals surface area contributed by atoms with Gasteiger partial charge in [-0.3, -0.25) is 4.90 Å². The maximum atomic E-state index is 12.9. The Morgan fingerprint density at radius 2 is 1.42 bits per heavy atom. The molecule has 1 fully saturated rings. The molecule has 0 bridgehead atoms. The summed E-state index contributed by atoms with van der Waals surface area (Å²) >= 11 is 0. The molecule has 2 aromatic carbocycles. The number of fused-ring (bicyclic) bond motifs is 2. The van der Waals surface area contributed by atoms with Crippen LogP contribution in [0.5, 0.6) is 34.5 Å². The summed E-state index contributed by atoms with van der Waals surface area (Å²) in [5.74, 6) is 2.15. The largest absolute Gasteiger partial charge is 0.493 e. The second-order valence-corrected chi connectivity index (χ2v) is 7.62. The normalized spacial score (nSPS) is 16.6. The van der Waals surface area contributed by atoms with E-state index in [1.165, 1.54) is 14.2 Å². The lowest BCUT2D eigenvalue weighted by Crippen LogP contribution is -2.35. The monoisotopic (exact) mass is 459 g/mol. The van der Waals surface area contributed by atoms with Gasteiger partial charge >= 0.3 is 5.97 Å². The average molecular weight is 459 g/mol. The fourth-order valence-corrected chi connectivity index (χ4v) is 4.35. The van der Waals surface area contributed by atoms with E-state index in [9.17, 15) is 4.79 Å². The van der Waals surface area contributed by atoms with Crippen LogP contribution in [0.2, 0.25) is 0 Å². The highest BCUT2D eigenvalue weighted by Gasteiger charge is 2.36. The third kappa shape index (κ3) is 3.65. The average Bonchev–Trinajstić information content (AvgIpc) is 3.53. The van der Waals surface area contributed by atoms with E-state index in [1.54, 1.807) is 13.2 Å². The minimum Gasteiger partial charge on any atom is -0.493 e. The second kappa shape index (κ2) is 8.87. The molecule has 0 saturated carbocycles. The van der Waals surface area contributed by atoms with Crippen LogP contribution in [0.3, 0.4) is 0 Å². The quantitative estimate of drug-likeness (QED) is 0.600. The SMILES string of the molecule is COC(=O)c1cc(OC)c2c(c1-c1c(CN3CCOCC3)cc(OC)c3c1OCO3)OCO2. The molecule has 0 unspecified atom stereocenters. The van der Waals surface area contributed by atoms with Gasteiger partial charge in [-0.15, -0.1) is 0 Å². The molecule has 5 rings (SSSR count). The van der Waals surface area contributed by atoms with Crippen molar-refractivity contribution in [2.45, 2.75) is 6.54 Å². The molecule has 0 radical (unpaired) electrons. The maximum absolute atomic E-state index is 12.9. The van der Waals surface area contributed by atoms with E-state index in [1.807, 2.05) is 6.07 Å². The molecule has 0 aliphatic carbocycles. The summed E-state index contributed by atoms with van der Waals surface area (Å²) in [5, 5.41) is 0. The number of hydrogen-bond acceptors (Lipinski definition) is 10. The Hall–Kier alpha value is -3.37. The summed E-state index contributed by atoms with van der Waals surface area (Å²) in [5.41, 5.74) is 2.32. The number of benzene rings is 2. The number of carbonyl (C=O) groups is 1. The highest BCUT2D eigenvalue weighted by Crippen LogP contribution is 2.56. The molecule has 0 spiro atoms. The van der Waals surface area contributed by atoms with Crippen LogP contribution in [0, 0.1) is 0 Å². The number of morpholine rings is 1. The zero-order valence-corrected chi connectivity index (χ0v) is 18.7. The van der Waals surface area contributed by atoms with Crippen molar-refractivity contribution < 1.29 is 42.7 Å². The van der Waals surface area contributed by atoms with E-state index in [0.717, 1.165) is 18.7 Å². The maximum Gasteiger partial charge on any atom is 0.338 e. The molecule has 0 aromatic heterocycles. The number of carbonyl (C=O) groups excluding carboxylic acids is 1. The molecule has 0 N–H and O–H groups in total. The van der Waals surface area contributed by atoms with Crippen molar-refractivity contribution in [3.8, 4) is 45.6 Å². The fourth-order valence-electron chi connectivity index (χ4n) is 4.35. The number of rotatable bonds is 6. The molecule has 10 nitrogen and oxygen atoms in total. The summed E-state index contributed by atoms with van der Waals surface area (Å²) in [6.07, 6.45) is 0. The molecule has 3 aliphatic heterocycles. The van der Waals surface area contributed by atoms with Gasteiger partial charge in [0.25, 0.3) is 0 Å². The van der Waals surface area contributed by atoms with Gasteiger partial charge in [0.05, 0.1) is 40.1 Å². The lowest BCUT2D eigenvalue weighted by Gasteiger charge is -2.28. The lowest BCUT2D eigenvalue weighted by molar-refractivity contribution is 0.0342. The molecular formula is C23H25NO9. The standard InChI is InChI=1S/C23H25NO9/c1-26-15-8-13(10-24-4-6-29-7-5-24)17(21-19(15)30-11-32-21)18-14(23(25)28-3)9-16(27-2)20-22(18)33-12-31-20/h8-9H,4-7,10-12H2,1-3H3. The Morgan fingerprint density at radius 3 is 2.03 bits per heavy atom. The van der Waals surface area contributed by atoms with Gasteiger partial charge < -0.3 is 37.9 Å². The third-order valence-electron chi connectivity index (χ3n) is 5.89. The molecule has 33 heavy (non-hydrogen) atoms. The first-order valence-corrected chi connectivity index (χ1v) is 10.5. The number of hydrogen-bond donors (Lipinski definition) is 0. The van der Waals surface area contributed by atoms with E-state index >= 15 is 0 Å². The van der Waals surface area contributed by atoms with Crippen LogP contribution in [0.15, 0.2) is 12.1 Å². The first kappa shape index (κ1) is 21.5. The molecule has 1 saturated heterocycles. The molecule has 2 aromatic rings. The van der Waals surface area contributed by atoms with Gasteiger partial charge in [0.2, 0.25) is 25.1 Å². The van der Waals surface area contributed by atoms with E-state index in [4.69, 9.17) is 37.9 Å². The van der Waals surface area contributed by atoms with Crippen LogP contribution >= 0.6 is 0 Å². The highest BCUT2D eigenvalue weighted by molar-refractivity contribution is 6.03. The van der Waals surface area contributed by atoms with Gasteiger partial charge in [-0.05, 0) is 17.7 Å². The van der Waals surface area contributed by atoms with Crippen LogP contribution in [0.1, 0.15) is 15.9 Å². The molecular weight excluding hydrogens is 434 g/mol. The number of ether oxygens (including phenoxy) is 8. The molecule has 0 atom stereocenters. The summed E-state index contributed by atoms with van der Waals surface area (Å²) in [6.45, 7) is 3.47. The van der Waals surface area contributed by atoms with Crippen molar-refractivity contribution in [2.75, 3.05) is 61.2 Å². The van der Waals surface area contributed by atoms with Crippen molar-refractivity contribution in [1.29, 1.82) is 0 Å². The van der Waals surface area contributed by atoms with E-state index in [2.05, 4.69) is 4.90 Å². The van der Waals surface area contributed by atoms with Crippen LogP contribution in [0.25, 0.3) is 11.1 Å². The molecule has 0 amide bonds. The van der Waals surface area contributed by atoms with Gasteiger partial charge in [-0.2, -0.15) is 0 Å². The smallest absolute Gasteiger partial charge is 0.338 e. The minimum atomic E-state index is -0.539. The van der Waals surface area contributed by atoms with Gasteiger partial charge in [-0.25, -0.2) is 4.79 Å². The molecule has 10 heteroatoms. The first-order chi connectivity index (χ1) is 16.2. The van der Waals surface area contributed by atoms with E-state index in [0.29, 0.717) is 65.4 Å². The predicted octanol–water partition coefficient (Wildman–Crippen LogP) is 2.45. The van der Waals surface area contributed by atoms with Crippen LogP contribution < -0.4 is 28.4 Å². The van der Waals surface area contributed by atoms with Gasteiger partial charge in [0.1, 0.15) is 0 Å². The second-order valence-electron chi connectivity index (χ2n) is 7.62. The lowest BCUT2D eigenvalue weighted by atomic mass is 9.91. The molecule has 3 heterocycles. The molecule has 3 aliphatic rings. The third-order valence-corrected chi connectivity index (χ3v) is 5.89. The van der Waals surface area contributed by atoms with Gasteiger partial charge in [0.15, 0.2) is 23.0 Å². The summed E-state index contributed by atoms with van der Waals surface area (Å²) in [6, 6.07) is 3.51. The van der Waals surface area contributed by atoms with Crippen molar-refractivity contribution in [2.24, 2.45) is 0 Å². The topological polar surface area (TPSA) is 94.2 Å². The first-order valence-electron chi connectivity index (χ1n) is 10.5. The van der Waals surface area contributed by atoms with Crippen molar-refractivity contribution >= 4 is 5.97 Å². The van der Waals surface area contributed by atoms with Crippen molar-refractivity contribution in [3.05, 3.63) is 23.3 Å². The highest BCUT2D eigenvalue weighted by atomic mass is 16.7. The van der Waals surface area contributed by atoms with E-state index < -0.39 is 5.97 Å². The molecule has 176 valence electrons. The Bertz CT molecular complexity index is 1080. The summed E-state index contributed by atoms with van der Waals surface area (Å²) in [4.78, 5) is 15.2. The number of esters is 1. The summed E-state index contributed by atoms with van der Waals surface area (Å²) in [7, 11) is 4.41. The van der Waals surface area contributed by atoms with Crippen LogP contribution in [-0.4, -0.2) is 72.1 Å². The zero-order chi connectivity index (χ0) is 22.9.